The number of hydrogen-bond acceptors (Lipinski definition) is 3. The first kappa shape index (κ1) is 31.0. The van der Waals surface area contributed by atoms with Crippen molar-refractivity contribution < 1.29 is 9.15 Å². The van der Waals surface area contributed by atoms with Gasteiger partial charge in [-0.1, -0.05) is 140 Å². The van der Waals surface area contributed by atoms with Crippen LogP contribution in [0.2, 0.25) is 0 Å². The van der Waals surface area contributed by atoms with Crippen LogP contribution in [0.15, 0.2) is 205 Å². The maximum atomic E-state index is 6.76. The van der Waals surface area contributed by atoms with Crippen LogP contribution in [0, 0.1) is 0 Å². The molecule has 1 aromatic heterocycles. The van der Waals surface area contributed by atoms with Gasteiger partial charge < -0.3 is 14.1 Å². The lowest BCUT2D eigenvalue weighted by Gasteiger charge is -2.39. The van der Waals surface area contributed by atoms with Gasteiger partial charge >= 0.3 is 0 Å². The Morgan fingerprint density at radius 1 is 0.393 bits per heavy atom. The fraction of sp³-hybridized carbons (Fsp3) is 0.0189. The van der Waals surface area contributed by atoms with Gasteiger partial charge in [0.25, 0.3) is 0 Å². The Kier molecular flexibility index (Phi) is 6.55. The van der Waals surface area contributed by atoms with Gasteiger partial charge in [-0.05, 0) is 105 Å². The molecule has 9 aromatic carbocycles. The quantitative estimate of drug-likeness (QED) is 0.181. The molecule has 0 radical (unpaired) electrons. The highest BCUT2D eigenvalue weighted by Crippen LogP contribution is 2.63. The average Bonchev–Trinajstić information content (AvgIpc) is 3.78. The second kappa shape index (κ2) is 11.8. The van der Waals surface area contributed by atoms with Gasteiger partial charge in [0, 0.05) is 33.3 Å². The largest absolute Gasteiger partial charge is 0.457 e. The molecule has 10 aromatic rings. The molecule has 1 aliphatic carbocycles. The van der Waals surface area contributed by atoms with Crippen LogP contribution in [0.5, 0.6) is 11.5 Å². The van der Waals surface area contributed by atoms with Crippen LogP contribution in [0.1, 0.15) is 22.3 Å². The Hall–Kier alpha value is -7.36. The molecule has 56 heavy (non-hydrogen) atoms. The van der Waals surface area contributed by atoms with Crippen LogP contribution < -0.4 is 9.64 Å². The summed E-state index contributed by atoms with van der Waals surface area (Å²) in [5.74, 6) is 1.80. The summed E-state index contributed by atoms with van der Waals surface area (Å²) in [6, 6.07) is 71.9. The smallest absolute Gasteiger partial charge is 0.159 e. The highest BCUT2D eigenvalue weighted by atomic mass is 16.5. The number of fused-ring (bicyclic) bond motifs is 13. The average molecular weight is 716 g/mol. The third kappa shape index (κ3) is 4.34. The van der Waals surface area contributed by atoms with Crippen molar-refractivity contribution in [2.24, 2.45) is 0 Å². The molecule has 3 nitrogen and oxygen atoms in total. The zero-order valence-electron chi connectivity index (χ0n) is 30.3. The lowest BCUT2D eigenvalue weighted by molar-refractivity contribution is 0.437. The minimum atomic E-state index is -0.550. The lowest BCUT2D eigenvalue weighted by atomic mass is 9.65. The molecule has 1 aliphatic heterocycles. The van der Waals surface area contributed by atoms with Crippen LogP contribution in [-0.4, -0.2) is 0 Å². The van der Waals surface area contributed by atoms with Crippen LogP contribution in [0.25, 0.3) is 55.0 Å². The molecule has 3 heteroatoms. The van der Waals surface area contributed by atoms with E-state index >= 15 is 0 Å². The summed E-state index contributed by atoms with van der Waals surface area (Å²) in [5.41, 5.74) is 14.1. The van der Waals surface area contributed by atoms with Crippen molar-refractivity contribution in [3.63, 3.8) is 0 Å². The molecule has 2 aliphatic rings. The van der Waals surface area contributed by atoms with Crippen LogP contribution in [-0.2, 0) is 5.41 Å². The van der Waals surface area contributed by atoms with Gasteiger partial charge in [0.05, 0.1) is 11.1 Å². The second-order valence-corrected chi connectivity index (χ2v) is 14.8. The molecule has 1 atom stereocenters. The molecule has 0 amide bonds. The molecule has 0 saturated heterocycles. The van der Waals surface area contributed by atoms with E-state index in [0.29, 0.717) is 0 Å². The van der Waals surface area contributed by atoms with E-state index in [1.807, 2.05) is 12.1 Å². The van der Waals surface area contributed by atoms with Crippen LogP contribution in [0.4, 0.5) is 17.1 Å². The van der Waals surface area contributed by atoms with Crippen molar-refractivity contribution in [1.29, 1.82) is 0 Å². The fourth-order valence-corrected chi connectivity index (χ4v) is 9.48. The van der Waals surface area contributed by atoms with Gasteiger partial charge in [0.2, 0.25) is 0 Å². The van der Waals surface area contributed by atoms with Crippen LogP contribution >= 0.6 is 0 Å². The first-order valence-electron chi connectivity index (χ1n) is 19.2. The Morgan fingerprint density at radius 2 is 1.05 bits per heavy atom. The molecule has 0 N–H and O–H groups in total. The molecule has 1 unspecified atom stereocenters. The number of anilines is 3. The summed E-state index contributed by atoms with van der Waals surface area (Å²) in [6.07, 6.45) is 0. The molecule has 1 spiro atoms. The van der Waals surface area contributed by atoms with Crippen molar-refractivity contribution in [3.05, 3.63) is 222 Å². The van der Waals surface area contributed by atoms with E-state index in [-0.39, 0.29) is 0 Å². The first-order chi connectivity index (χ1) is 27.8. The normalized spacial score (nSPS) is 15.0. The van der Waals surface area contributed by atoms with E-state index < -0.39 is 5.41 Å². The number of rotatable bonds is 4. The number of benzene rings is 9. The van der Waals surface area contributed by atoms with Crippen molar-refractivity contribution >= 4 is 49.8 Å². The molecule has 2 heterocycles. The highest BCUT2D eigenvalue weighted by molar-refractivity contribution is 6.10. The summed E-state index contributed by atoms with van der Waals surface area (Å²) >= 11 is 0. The highest BCUT2D eigenvalue weighted by Gasteiger charge is 2.51. The minimum Gasteiger partial charge on any atom is -0.457 e. The van der Waals surface area contributed by atoms with Crippen molar-refractivity contribution in [1.82, 2.24) is 0 Å². The van der Waals surface area contributed by atoms with E-state index in [2.05, 4.69) is 193 Å². The summed E-state index contributed by atoms with van der Waals surface area (Å²) in [5, 5.41) is 4.59. The van der Waals surface area contributed by atoms with Gasteiger partial charge in [-0.2, -0.15) is 0 Å². The topological polar surface area (TPSA) is 25.6 Å². The van der Waals surface area contributed by atoms with E-state index in [4.69, 9.17) is 9.15 Å². The Morgan fingerprint density at radius 3 is 1.93 bits per heavy atom. The molecule has 262 valence electrons. The predicted molar refractivity (Wildman–Crippen MR) is 229 cm³/mol. The van der Waals surface area contributed by atoms with Gasteiger partial charge in [0.1, 0.15) is 17.1 Å². The molecule has 0 bridgehead atoms. The van der Waals surface area contributed by atoms with E-state index in [9.17, 15) is 0 Å². The summed E-state index contributed by atoms with van der Waals surface area (Å²) < 4.78 is 13.3. The number of hydrogen-bond donors (Lipinski definition) is 0. The van der Waals surface area contributed by atoms with Crippen molar-refractivity contribution in [3.8, 4) is 33.8 Å². The SMILES string of the molecule is c1ccc(N(c2ccc(-c3ccc4c(c3)C3(c5ccccc5Oc5cc6ccccc6cc53)c3ccccc3-4)cc2)c2cccc3c2oc2ccccc23)cc1. The predicted octanol–water partition coefficient (Wildman–Crippen LogP) is 14.3. The maximum absolute atomic E-state index is 6.76. The van der Waals surface area contributed by atoms with Crippen molar-refractivity contribution in [2.45, 2.75) is 5.41 Å². The minimum absolute atomic E-state index is 0.550. The maximum Gasteiger partial charge on any atom is 0.159 e. The van der Waals surface area contributed by atoms with E-state index in [1.165, 1.54) is 49.7 Å². The third-order valence-electron chi connectivity index (χ3n) is 11.9. The van der Waals surface area contributed by atoms with Crippen molar-refractivity contribution in [2.75, 3.05) is 4.90 Å². The standard InChI is InChI=1S/C53H33NO2/c1-2-15-38(16-3-1)54(48-22-12-19-43-42-18-7-10-23-49(42)56-52(43)48)39-28-25-34(26-29-39)37-27-30-41-40-17-6-8-20-44(40)53(46(41)31-37)45-21-9-11-24-50(45)55-51-33-36-14-5-4-13-35(36)32-47(51)53/h1-33H. The van der Waals surface area contributed by atoms with E-state index in [0.717, 1.165) is 56.1 Å². The summed E-state index contributed by atoms with van der Waals surface area (Å²) in [7, 11) is 0. The zero-order valence-corrected chi connectivity index (χ0v) is 30.3. The third-order valence-corrected chi connectivity index (χ3v) is 11.9. The monoisotopic (exact) mass is 715 g/mol. The lowest BCUT2D eigenvalue weighted by Crippen LogP contribution is -2.32. The summed E-state index contributed by atoms with van der Waals surface area (Å²) in [6.45, 7) is 0. The number of para-hydroxylation sites is 4. The molecular weight excluding hydrogens is 683 g/mol. The summed E-state index contributed by atoms with van der Waals surface area (Å²) in [4.78, 5) is 2.29. The molecule has 12 rings (SSSR count). The first-order valence-corrected chi connectivity index (χ1v) is 19.2. The molecule has 0 saturated carbocycles. The fourth-order valence-electron chi connectivity index (χ4n) is 9.48. The molecule has 0 fully saturated rings. The van der Waals surface area contributed by atoms with Crippen LogP contribution in [0.3, 0.4) is 0 Å². The van der Waals surface area contributed by atoms with Gasteiger partial charge in [-0.25, -0.2) is 0 Å². The second-order valence-electron chi connectivity index (χ2n) is 14.8. The number of furan rings is 1. The number of nitrogens with zero attached hydrogens (tertiary/aromatic N) is 1. The molecular formula is C53H33NO2. The van der Waals surface area contributed by atoms with Gasteiger partial charge in [-0.3, -0.25) is 0 Å². The van der Waals surface area contributed by atoms with Gasteiger partial charge in [0.15, 0.2) is 5.58 Å². The van der Waals surface area contributed by atoms with Gasteiger partial charge in [-0.15, -0.1) is 0 Å². The Bertz CT molecular complexity index is 3180. The Labute approximate surface area is 324 Å². The number of ether oxygens (including phenoxy) is 1. The van der Waals surface area contributed by atoms with E-state index in [1.54, 1.807) is 0 Å². The Balaban J connectivity index is 1.04. The zero-order chi connectivity index (χ0) is 36.8.